The van der Waals surface area contributed by atoms with Gasteiger partial charge >= 0.3 is 5.97 Å². The highest BCUT2D eigenvalue weighted by molar-refractivity contribution is 7.98. The molecule has 0 unspecified atom stereocenters. The molecule has 0 radical (unpaired) electrons. The minimum Gasteiger partial charge on any atom is -0.475 e. The Morgan fingerprint density at radius 1 is 1.29 bits per heavy atom. The van der Waals surface area contributed by atoms with E-state index in [9.17, 15) is 9.18 Å². The van der Waals surface area contributed by atoms with Gasteiger partial charge in [0.1, 0.15) is 11.6 Å². The first-order chi connectivity index (χ1) is 8.16. The summed E-state index contributed by atoms with van der Waals surface area (Å²) in [4.78, 5) is 11.1. The molecule has 1 aromatic carbocycles. The van der Waals surface area contributed by atoms with Crippen molar-refractivity contribution in [1.82, 2.24) is 0 Å². The zero-order chi connectivity index (χ0) is 12.3. The van der Waals surface area contributed by atoms with E-state index in [1.807, 2.05) is 0 Å². The zero-order valence-corrected chi connectivity index (χ0v) is 9.54. The summed E-state index contributed by atoms with van der Waals surface area (Å²) >= 11 is 1.26. The lowest BCUT2D eigenvalue weighted by molar-refractivity contribution is 0.0661. The SMILES string of the molecule is O=C(O)c1ccc(CSc2ccccc2F)o1. The third-order valence-corrected chi connectivity index (χ3v) is 3.15. The van der Waals surface area contributed by atoms with Crippen LogP contribution < -0.4 is 0 Å². The number of furan rings is 1. The van der Waals surface area contributed by atoms with E-state index in [1.54, 1.807) is 24.3 Å². The number of hydrogen-bond acceptors (Lipinski definition) is 3. The van der Waals surface area contributed by atoms with Gasteiger partial charge in [0, 0.05) is 4.90 Å². The fourth-order valence-electron chi connectivity index (χ4n) is 1.28. The molecule has 17 heavy (non-hydrogen) atoms. The maximum atomic E-state index is 13.3. The van der Waals surface area contributed by atoms with Crippen LogP contribution in [0.4, 0.5) is 4.39 Å². The molecular formula is C12H9FO3S. The highest BCUT2D eigenvalue weighted by Gasteiger charge is 2.09. The predicted octanol–water partition coefficient (Wildman–Crippen LogP) is 3.41. The van der Waals surface area contributed by atoms with Crippen LogP contribution in [-0.2, 0) is 5.75 Å². The molecule has 0 fully saturated rings. The number of thioether (sulfide) groups is 1. The van der Waals surface area contributed by atoms with E-state index in [1.165, 1.54) is 23.9 Å². The quantitative estimate of drug-likeness (QED) is 0.847. The molecule has 1 heterocycles. The molecule has 0 aliphatic rings. The molecule has 0 aliphatic carbocycles. The summed E-state index contributed by atoms with van der Waals surface area (Å²) in [6.07, 6.45) is 0. The van der Waals surface area contributed by atoms with Crippen LogP contribution in [0.15, 0.2) is 45.7 Å². The number of carboxylic acid groups (broad SMARTS) is 1. The van der Waals surface area contributed by atoms with Crippen molar-refractivity contribution in [3.05, 3.63) is 53.7 Å². The van der Waals surface area contributed by atoms with Gasteiger partial charge in [0.15, 0.2) is 0 Å². The molecule has 1 aromatic heterocycles. The summed E-state index contributed by atoms with van der Waals surface area (Å²) in [7, 11) is 0. The van der Waals surface area contributed by atoms with Crippen molar-refractivity contribution in [2.24, 2.45) is 0 Å². The van der Waals surface area contributed by atoms with Gasteiger partial charge in [0.25, 0.3) is 0 Å². The van der Waals surface area contributed by atoms with Gasteiger partial charge in [-0.05, 0) is 24.3 Å². The van der Waals surface area contributed by atoms with Gasteiger partial charge in [0.05, 0.1) is 5.75 Å². The van der Waals surface area contributed by atoms with E-state index >= 15 is 0 Å². The molecule has 2 rings (SSSR count). The van der Waals surface area contributed by atoms with Crippen molar-refractivity contribution in [2.75, 3.05) is 0 Å². The summed E-state index contributed by atoms with van der Waals surface area (Å²) < 4.78 is 18.3. The van der Waals surface area contributed by atoms with Gasteiger partial charge in [0.2, 0.25) is 5.76 Å². The summed E-state index contributed by atoms with van der Waals surface area (Å²) in [6, 6.07) is 9.39. The van der Waals surface area contributed by atoms with Crippen molar-refractivity contribution in [3.8, 4) is 0 Å². The lowest BCUT2D eigenvalue weighted by atomic mass is 10.3. The molecule has 0 bridgehead atoms. The second kappa shape index (κ2) is 5.05. The van der Waals surface area contributed by atoms with Crippen molar-refractivity contribution in [1.29, 1.82) is 0 Å². The standard InChI is InChI=1S/C12H9FO3S/c13-9-3-1-2-4-11(9)17-7-8-5-6-10(16-8)12(14)15/h1-6H,7H2,(H,14,15). The Kier molecular flexibility index (Phi) is 3.49. The zero-order valence-electron chi connectivity index (χ0n) is 8.72. The Bertz CT molecular complexity index is 536. The molecule has 1 N–H and O–H groups in total. The van der Waals surface area contributed by atoms with Gasteiger partial charge < -0.3 is 9.52 Å². The topological polar surface area (TPSA) is 50.4 Å². The second-order valence-electron chi connectivity index (χ2n) is 3.29. The number of rotatable bonds is 4. The molecule has 0 atom stereocenters. The predicted molar refractivity (Wildman–Crippen MR) is 61.6 cm³/mol. The molecule has 0 saturated carbocycles. The van der Waals surface area contributed by atoms with E-state index in [0.29, 0.717) is 16.4 Å². The first-order valence-electron chi connectivity index (χ1n) is 4.86. The highest BCUT2D eigenvalue weighted by atomic mass is 32.2. The van der Waals surface area contributed by atoms with Gasteiger partial charge in [-0.2, -0.15) is 0 Å². The number of carboxylic acids is 1. The third-order valence-electron chi connectivity index (χ3n) is 2.08. The van der Waals surface area contributed by atoms with Crippen molar-refractivity contribution in [3.63, 3.8) is 0 Å². The van der Waals surface area contributed by atoms with Crippen LogP contribution in [0.5, 0.6) is 0 Å². The average Bonchev–Trinajstić information content (AvgIpc) is 2.77. The Morgan fingerprint density at radius 2 is 2.06 bits per heavy atom. The summed E-state index contributed by atoms with van der Waals surface area (Å²) in [5, 5.41) is 8.67. The van der Waals surface area contributed by atoms with Crippen LogP contribution in [-0.4, -0.2) is 11.1 Å². The normalized spacial score (nSPS) is 10.4. The molecule has 0 spiro atoms. The van der Waals surface area contributed by atoms with Gasteiger partial charge in [-0.1, -0.05) is 12.1 Å². The van der Waals surface area contributed by atoms with Crippen LogP contribution in [0, 0.1) is 5.82 Å². The highest BCUT2D eigenvalue weighted by Crippen LogP contribution is 2.25. The Labute approximate surface area is 101 Å². The molecule has 88 valence electrons. The maximum Gasteiger partial charge on any atom is 0.371 e. The van der Waals surface area contributed by atoms with Crippen molar-refractivity contribution >= 4 is 17.7 Å². The Hall–Kier alpha value is -1.75. The van der Waals surface area contributed by atoms with E-state index in [2.05, 4.69) is 0 Å². The molecular weight excluding hydrogens is 243 g/mol. The van der Waals surface area contributed by atoms with Gasteiger partial charge in [-0.25, -0.2) is 9.18 Å². The number of aromatic carboxylic acids is 1. The number of benzene rings is 1. The monoisotopic (exact) mass is 252 g/mol. The maximum absolute atomic E-state index is 13.3. The van der Waals surface area contributed by atoms with E-state index in [0.717, 1.165) is 0 Å². The fourth-order valence-corrected chi connectivity index (χ4v) is 2.11. The number of halogens is 1. The first kappa shape index (κ1) is 11.7. The fraction of sp³-hybridized carbons (Fsp3) is 0.0833. The van der Waals surface area contributed by atoms with Crippen LogP contribution in [0.25, 0.3) is 0 Å². The lowest BCUT2D eigenvalue weighted by Crippen LogP contribution is -1.91. The Balaban J connectivity index is 2.02. The number of hydrogen-bond donors (Lipinski definition) is 1. The second-order valence-corrected chi connectivity index (χ2v) is 4.31. The van der Waals surface area contributed by atoms with Crippen LogP contribution in [0.3, 0.4) is 0 Å². The summed E-state index contributed by atoms with van der Waals surface area (Å²) in [5.41, 5.74) is 0. The molecule has 3 nitrogen and oxygen atoms in total. The minimum atomic E-state index is -1.10. The van der Waals surface area contributed by atoms with Gasteiger partial charge in [-0.3, -0.25) is 0 Å². The Morgan fingerprint density at radius 3 is 2.71 bits per heavy atom. The largest absolute Gasteiger partial charge is 0.475 e. The molecule has 0 saturated heterocycles. The third kappa shape index (κ3) is 2.88. The van der Waals surface area contributed by atoms with Crippen molar-refractivity contribution < 1.29 is 18.7 Å². The molecule has 5 heteroatoms. The van der Waals surface area contributed by atoms with E-state index < -0.39 is 5.97 Å². The van der Waals surface area contributed by atoms with Crippen LogP contribution in [0.1, 0.15) is 16.3 Å². The molecule has 0 aliphatic heterocycles. The summed E-state index contributed by atoms with van der Waals surface area (Å²) in [5.74, 6) is -0.590. The minimum absolute atomic E-state index is 0.103. The van der Waals surface area contributed by atoms with Gasteiger partial charge in [-0.15, -0.1) is 11.8 Å². The smallest absolute Gasteiger partial charge is 0.371 e. The first-order valence-corrected chi connectivity index (χ1v) is 5.84. The van der Waals surface area contributed by atoms with Crippen LogP contribution in [0.2, 0.25) is 0 Å². The summed E-state index contributed by atoms with van der Waals surface area (Å²) in [6.45, 7) is 0. The number of carbonyl (C=O) groups is 1. The lowest BCUT2D eigenvalue weighted by Gasteiger charge is -2.00. The molecule has 2 aromatic rings. The van der Waals surface area contributed by atoms with Crippen molar-refractivity contribution in [2.45, 2.75) is 10.6 Å². The molecule has 0 amide bonds. The van der Waals surface area contributed by atoms with E-state index in [-0.39, 0.29) is 11.6 Å². The van der Waals surface area contributed by atoms with E-state index in [4.69, 9.17) is 9.52 Å². The van der Waals surface area contributed by atoms with Crippen LogP contribution >= 0.6 is 11.8 Å². The average molecular weight is 252 g/mol.